The molecule has 0 N–H and O–H groups in total. The lowest BCUT2D eigenvalue weighted by Crippen LogP contribution is -2.48. The van der Waals surface area contributed by atoms with Gasteiger partial charge in [-0.1, -0.05) is 97.1 Å². The first kappa shape index (κ1) is 85.1. The van der Waals surface area contributed by atoms with Gasteiger partial charge in [0.25, 0.3) is 29.5 Å². The Labute approximate surface area is 699 Å². The Morgan fingerprint density at radius 3 is 1.18 bits per heavy atom. The van der Waals surface area contributed by atoms with Crippen LogP contribution in [0.2, 0.25) is 0 Å². The van der Waals surface area contributed by atoms with E-state index in [0.29, 0.717) is 94.4 Å². The molecule has 3 aliphatic carbocycles. The summed E-state index contributed by atoms with van der Waals surface area (Å²) < 4.78 is 111. The van der Waals surface area contributed by atoms with E-state index in [1.807, 2.05) is 71.6 Å². The van der Waals surface area contributed by atoms with Crippen molar-refractivity contribution in [2.45, 2.75) is 147 Å². The van der Waals surface area contributed by atoms with Gasteiger partial charge in [0, 0.05) is 115 Å². The Hall–Kier alpha value is -11.9. The van der Waals surface area contributed by atoms with E-state index in [-0.39, 0.29) is 127 Å². The van der Waals surface area contributed by atoms with Crippen molar-refractivity contribution in [3.8, 4) is 17.2 Å². The molecular formula is C93H89F7N8O14. The first-order chi connectivity index (χ1) is 58.7. The van der Waals surface area contributed by atoms with Gasteiger partial charge in [-0.3, -0.25) is 82.1 Å². The Balaban J connectivity index is 0.000000142. The highest BCUT2D eigenvalue weighted by molar-refractivity contribution is 6.26. The van der Waals surface area contributed by atoms with E-state index in [9.17, 15) is 83.5 Å². The highest BCUT2D eigenvalue weighted by Crippen LogP contribution is 2.40. The van der Waals surface area contributed by atoms with E-state index in [1.165, 1.54) is 29.2 Å². The van der Waals surface area contributed by atoms with Crippen molar-refractivity contribution in [1.29, 1.82) is 0 Å². The molecule has 6 fully saturated rings. The Morgan fingerprint density at radius 1 is 0.361 bits per heavy atom. The average Bonchev–Trinajstić information content (AvgIpc) is 1.60. The van der Waals surface area contributed by atoms with E-state index in [2.05, 4.69) is 26.8 Å². The number of alkyl halides is 3. The first-order valence-electron chi connectivity index (χ1n) is 41.0. The SMILES string of the molecule is O=C1CCC(N2C(=O)c3cccc(OCc4ccc(CN5CCC(c6ccc(F)cc6F)CC5)cc4)c3C2=O)C(=O)C1.O=C1CCC(N2C(=O)c3cccc(OCc4ccc(CN5CCN(CC(F)(F)F)CC5)cc4)c3C2=O)C(=O)C1.O=C1CCC(N2Cc3c(OCc4ccc(CN5CCN(c6ccc(F)cc6F)CC5)cc4)cccc3C2=O)C(=O)C1. The van der Waals surface area contributed by atoms with Gasteiger partial charge in [0.05, 0.1) is 78.4 Å². The number of piperazine rings is 2. The van der Waals surface area contributed by atoms with Crippen LogP contribution < -0.4 is 19.1 Å². The third-order valence-corrected chi connectivity index (χ3v) is 24.0. The molecule has 9 aliphatic rings. The summed E-state index contributed by atoms with van der Waals surface area (Å²) in [6.07, 6.45) is -1.90. The molecule has 8 aromatic rings. The van der Waals surface area contributed by atoms with Gasteiger partial charge in [0.2, 0.25) is 0 Å². The summed E-state index contributed by atoms with van der Waals surface area (Å²) in [6, 6.07) is 43.9. The highest BCUT2D eigenvalue weighted by atomic mass is 19.4. The molecule has 3 unspecified atom stereocenters. The van der Waals surface area contributed by atoms with E-state index >= 15 is 0 Å². The summed E-state index contributed by atoms with van der Waals surface area (Å²) in [4.78, 5) is 151. The van der Waals surface area contributed by atoms with E-state index in [0.717, 1.165) is 113 Å². The van der Waals surface area contributed by atoms with E-state index in [1.54, 1.807) is 53.4 Å². The van der Waals surface area contributed by atoms with Crippen LogP contribution in [0.5, 0.6) is 17.2 Å². The Bertz CT molecular complexity index is 5380. The number of fused-ring (bicyclic) bond motifs is 3. The van der Waals surface area contributed by atoms with E-state index < -0.39 is 89.3 Å². The van der Waals surface area contributed by atoms with Crippen molar-refractivity contribution in [1.82, 2.24) is 34.3 Å². The van der Waals surface area contributed by atoms with Crippen molar-refractivity contribution in [2.75, 3.05) is 76.9 Å². The van der Waals surface area contributed by atoms with Crippen LogP contribution >= 0.6 is 0 Å². The topological polar surface area (TPSA) is 241 Å². The summed E-state index contributed by atoms with van der Waals surface area (Å²) in [5.74, 6) is -4.80. The number of benzene rings is 8. The molecule has 122 heavy (non-hydrogen) atoms. The van der Waals surface area contributed by atoms with Crippen LogP contribution in [-0.2, 0) is 74.8 Å². The van der Waals surface area contributed by atoms with Gasteiger partial charge in [0.15, 0.2) is 17.3 Å². The lowest BCUT2D eigenvalue weighted by molar-refractivity contribution is -0.149. The largest absolute Gasteiger partial charge is 0.489 e. The van der Waals surface area contributed by atoms with Crippen LogP contribution in [0.3, 0.4) is 0 Å². The number of amides is 5. The molecule has 3 saturated carbocycles. The quantitative estimate of drug-likeness (QED) is 0.0369. The minimum absolute atomic E-state index is 0.0634. The molecular weight excluding hydrogens is 1590 g/mol. The number of piperidine rings is 1. The zero-order chi connectivity index (χ0) is 85.6. The maximum absolute atomic E-state index is 14.2. The summed E-state index contributed by atoms with van der Waals surface area (Å²) in [5.41, 5.74) is 9.00. The number of ether oxygens (including phenoxy) is 3. The van der Waals surface area contributed by atoms with Crippen LogP contribution in [0.1, 0.15) is 173 Å². The molecule has 6 heterocycles. The highest BCUT2D eigenvalue weighted by Gasteiger charge is 2.48. The molecule has 0 bridgehead atoms. The third-order valence-electron chi connectivity index (χ3n) is 24.0. The van der Waals surface area contributed by atoms with Gasteiger partial charge in [0.1, 0.15) is 77.7 Å². The molecule has 3 atom stereocenters. The maximum Gasteiger partial charge on any atom is 0.401 e. The molecule has 8 aromatic carbocycles. The fourth-order valence-corrected chi connectivity index (χ4v) is 17.5. The second-order valence-corrected chi connectivity index (χ2v) is 32.3. The number of Topliss-reactive ketones (excluding diaryl/α,β-unsaturated/α-hetero) is 6. The lowest BCUT2D eigenvalue weighted by Gasteiger charge is -2.36. The van der Waals surface area contributed by atoms with Crippen molar-refractivity contribution in [3.05, 3.63) is 259 Å². The first-order valence-corrected chi connectivity index (χ1v) is 41.0. The molecule has 634 valence electrons. The number of imide groups is 2. The zero-order valence-electron chi connectivity index (χ0n) is 66.8. The molecule has 29 heteroatoms. The van der Waals surface area contributed by atoms with Crippen LogP contribution in [0.4, 0.5) is 36.4 Å². The van der Waals surface area contributed by atoms with Gasteiger partial charge in [-0.25, -0.2) is 17.6 Å². The average molecular weight is 1680 g/mol. The summed E-state index contributed by atoms with van der Waals surface area (Å²) >= 11 is 0. The number of carbonyl (C=O) groups excluding carboxylic acids is 11. The Morgan fingerprint density at radius 2 is 0.746 bits per heavy atom. The predicted octanol–water partition coefficient (Wildman–Crippen LogP) is 13.0. The van der Waals surface area contributed by atoms with Crippen LogP contribution in [0, 0.1) is 23.3 Å². The number of hydrogen-bond donors (Lipinski definition) is 0. The zero-order valence-corrected chi connectivity index (χ0v) is 66.8. The number of ketones is 6. The normalized spacial score (nSPS) is 20.1. The van der Waals surface area contributed by atoms with E-state index in [4.69, 9.17) is 14.2 Å². The fraction of sp³-hybridized carbons (Fsp3) is 0.366. The van der Waals surface area contributed by atoms with Crippen LogP contribution in [0.25, 0.3) is 0 Å². The van der Waals surface area contributed by atoms with Crippen LogP contribution in [-0.4, -0.2) is 195 Å². The van der Waals surface area contributed by atoms with Crippen molar-refractivity contribution >= 4 is 69.9 Å². The molecule has 3 saturated heterocycles. The summed E-state index contributed by atoms with van der Waals surface area (Å²) in [7, 11) is 0. The number of nitrogens with zero attached hydrogens (tertiary/aromatic N) is 8. The van der Waals surface area contributed by atoms with Gasteiger partial charge in [-0.05, 0) is 145 Å². The number of anilines is 1. The molecule has 0 radical (unpaired) electrons. The predicted molar refractivity (Wildman–Crippen MR) is 431 cm³/mol. The number of likely N-dealkylation sites (tertiary alicyclic amines) is 1. The summed E-state index contributed by atoms with van der Waals surface area (Å²) in [6.45, 7) is 8.65. The lowest BCUT2D eigenvalue weighted by atomic mass is 9.89. The minimum Gasteiger partial charge on any atom is -0.489 e. The van der Waals surface area contributed by atoms with Gasteiger partial charge in [-0.15, -0.1) is 0 Å². The Kier molecular flexibility index (Phi) is 25.9. The molecule has 0 aromatic heterocycles. The number of rotatable bonds is 21. The van der Waals surface area contributed by atoms with Gasteiger partial charge in [-0.2, -0.15) is 13.2 Å². The maximum atomic E-state index is 14.2. The van der Waals surface area contributed by atoms with Gasteiger partial charge >= 0.3 is 6.18 Å². The number of carbonyl (C=O) groups is 11. The van der Waals surface area contributed by atoms with Gasteiger partial charge < -0.3 is 24.0 Å². The molecule has 17 rings (SSSR count). The second-order valence-electron chi connectivity index (χ2n) is 32.3. The number of hydrogen-bond acceptors (Lipinski definition) is 19. The fourth-order valence-electron chi connectivity index (χ4n) is 17.5. The summed E-state index contributed by atoms with van der Waals surface area (Å²) in [5, 5.41) is 0. The standard InChI is InChI=1S/C33H30F2N2O5.C32H31F2N3O4.C28H28F3N3O5/c34-23-8-10-25(27(35)16-23)22-12-14-36(15-13-22)18-20-4-6-21(7-5-20)19-42-30-3-1-2-26-31(30)33(41)37(32(26)40)28-11-9-24(38)17-29(28)39;33-23-8-10-28(27(34)16-23)36-14-12-35(13-15-36)18-21-4-6-22(7-5-21)20-41-31-3-1-2-25-26(31)19-37(32(25)40)29-11-9-24(38)17-30(29)39;29-28(30,31)17-33-12-10-32(11-13-33)15-18-4-6-19(7-5-18)16-39-24-3-1-2-21-25(24)27(38)34(26(21)37)22-9-8-20(35)14-23(22)36/h1-8,10,16,22,28H,9,11-15,17-19H2;1-8,10,16,29H,9,11-15,17-20H2;1-7,22H,8-17H2. The van der Waals surface area contributed by atoms with Crippen molar-refractivity contribution < 1.29 is 97.7 Å². The third kappa shape index (κ3) is 19.7. The van der Waals surface area contributed by atoms with Crippen LogP contribution in [0.15, 0.2) is 164 Å². The molecule has 5 amide bonds. The molecule has 0 spiro atoms. The monoisotopic (exact) mass is 1670 g/mol. The smallest absolute Gasteiger partial charge is 0.401 e. The molecule has 22 nitrogen and oxygen atoms in total. The minimum atomic E-state index is -4.18. The number of halogens is 7. The second kappa shape index (κ2) is 37.2. The molecule has 6 aliphatic heterocycles. The van der Waals surface area contributed by atoms with Crippen molar-refractivity contribution in [3.63, 3.8) is 0 Å². The van der Waals surface area contributed by atoms with Crippen molar-refractivity contribution in [2.24, 2.45) is 0 Å².